The molecule has 0 bridgehead atoms. The number of hydrogen-bond donors (Lipinski definition) is 0. The van der Waals surface area contributed by atoms with Gasteiger partial charge >= 0.3 is 0 Å². The van der Waals surface area contributed by atoms with E-state index in [0.29, 0.717) is 0 Å². The van der Waals surface area contributed by atoms with Crippen LogP contribution in [-0.4, -0.2) is 18.8 Å². The predicted octanol–water partition coefficient (Wildman–Crippen LogP) is 3.45. The van der Waals surface area contributed by atoms with Gasteiger partial charge in [-0.05, 0) is 52.1 Å². The molecule has 0 aliphatic carbocycles. The molecule has 0 amide bonds. The Morgan fingerprint density at radius 1 is 1.15 bits per heavy atom. The normalized spacial score (nSPS) is 11.7. The highest BCUT2D eigenvalue weighted by Gasteiger charge is 1.97. The largest absolute Gasteiger partial charge is 0.186 e. The minimum absolute atomic E-state index is 0.721. The molecule has 0 saturated carbocycles. The van der Waals surface area contributed by atoms with Crippen molar-refractivity contribution in [3.63, 3.8) is 0 Å². The lowest BCUT2D eigenvalue weighted by Crippen LogP contribution is -1.85. The van der Waals surface area contributed by atoms with Gasteiger partial charge in [0.1, 0.15) is 0 Å². The van der Waals surface area contributed by atoms with Crippen LogP contribution < -0.4 is 0 Å². The van der Waals surface area contributed by atoms with Crippen LogP contribution in [-0.2, 0) is 0 Å². The first-order chi connectivity index (χ1) is 5.99. The van der Waals surface area contributed by atoms with Crippen molar-refractivity contribution >= 4 is 26.0 Å². The third-order valence-electron chi connectivity index (χ3n) is 1.37. The van der Waals surface area contributed by atoms with Crippen LogP contribution in [0.15, 0.2) is 28.7 Å². The van der Waals surface area contributed by atoms with Crippen molar-refractivity contribution in [2.24, 2.45) is 0 Å². The highest BCUT2D eigenvalue weighted by atomic mass is 79.9. The second-order valence-electron chi connectivity index (χ2n) is 3.54. The van der Waals surface area contributed by atoms with E-state index >= 15 is 0 Å². The van der Waals surface area contributed by atoms with Gasteiger partial charge in [-0.15, -0.1) is 0 Å². The molecule has 0 atom stereocenters. The third kappa shape index (κ3) is 3.89. The Kier molecular flexibility index (Phi) is 3.47. The topological polar surface area (TPSA) is 0 Å². The summed E-state index contributed by atoms with van der Waals surface area (Å²) >= 11 is 3.47. The summed E-state index contributed by atoms with van der Waals surface area (Å²) in [4.78, 5) is 0. The molecule has 1 rings (SSSR count). The fraction of sp³-hybridized carbons (Fsp3) is 0.273. The molecule has 1 aromatic rings. The Balaban J connectivity index is 2.97. The number of halogens is 1. The van der Waals surface area contributed by atoms with Crippen LogP contribution in [0.5, 0.6) is 0 Å². The fourth-order valence-corrected chi connectivity index (χ4v) is 1.57. The summed E-state index contributed by atoms with van der Waals surface area (Å²) in [6.07, 6.45) is 6.57. The summed E-state index contributed by atoms with van der Waals surface area (Å²) in [6, 6.07) is 8.05. The van der Waals surface area contributed by atoms with Crippen molar-refractivity contribution in [1.82, 2.24) is 0 Å². The van der Waals surface area contributed by atoms with E-state index in [9.17, 15) is 0 Å². The molecule has 0 saturated heterocycles. The molecule has 0 aromatic heterocycles. The molecule has 70 valence electrons. The van der Waals surface area contributed by atoms with E-state index in [1.165, 1.54) is 0 Å². The van der Waals surface area contributed by atoms with Crippen LogP contribution in [0.1, 0.15) is 5.56 Å². The van der Waals surface area contributed by atoms with Gasteiger partial charge in [0.05, 0.1) is 0 Å². The summed E-state index contributed by atoms with van der Waals surface area (Å²) < 4.78 is 1.08. The van der Waals surface area contributed by atoms with Crippen molar-refractivity contribution in [2.45, 2.75) is 0 Å². The monoisotopic (exact) mass is 256 g/mol. The minimum Gasteiger partial charge on any atom is -0.186 e. The molecule has 2 heteroatoms. The van der Waals surface area contributed by atoms with Gasteiger partial charge in [-0.3, -0.25) is 0 Å². The van der Waals surface area contributed by atoms with Crippen LogP contribution in [0.4, 0.5) is 0 Å². The van der Waals surface area contributed by atoms with Gasteiger partial charge in [0.15, 0.2) is 0 Å². The summed E-state index contributed by atoms with van der Waals surface area (Å²) in [5.41, 5.74) is 1.07. The van der Waals surface area contributed by atoms with Crippen molar-refractivity contribution in [3.05, 3.63) is 34.3 Å². The van der Waals surface area contributed by atoms with Gasteiger partial charge in [-0.25, -0.2) is 0 Å². The summed E-state index contributed by atoms with van der Waals surface area (Å²) in [5.74, 6) is 3.19. The molecule has 13 heavy (non-hydrogen) atoms. The molecule has 0 nitrogen and oxygen atoms in total. The van der Waals surface area contributed by atoms with E-state index in [4.69, 9.17) is 0 Å². The molecule has 1 aromatic carbocycles. The Labute approximate surface area is 90.2 Å². The van der Waals surface area contributed by atoms with Gasteiger partial charge in [0.2, 0.25) is 0 Å². The van der Waals surface area contributed by atoms with Crippen LogP contribution in [0.3, 0.4) is 0 Å². The third-order valence-corrected chi connectivity index (χ3v) is 2.77. The lowest BCUT2D eigenvalue weighted by Gasteiger charge is -2.14. The average Bonchev–Trinajstić information content (AvgIpc) is 2.01. The van der Waals surface area contributed by atoms with E-state index in [0.717, 1.165) is 10.0 Å². The molecule has 0 heterocycles. The van der Waals surface area contributed by atoms with Crippen LogP contribution >= 0.6 is 26.0 Å². The highest BCUT2D eigenvalue weighted by molar-refractivity contribution is 9.10. The van der Waals surface area contributed by atoms with Crippen LogP contribution in [0.2, 0.25) is 0 Å². The Hall–Kier alpha value is -0.390. The van der Waals surface area contributed by atoms with Crippen LogP contribution in [0.25, 0.3) is 0 Å². The lowest BCUT2D eigenvalue weighted by atomic mass is 10.2. The summed E-state index contributed by atoms with van der Waals surface area (Å²) in [5, 5.41) is 3.28. The van der Waals surface area contributed by atoms with Crippen molar-refractivity contribution in [2.75, 3.05) is 18.8 Å². The van der Waals surface area contributed by atoms with Gasteiger partial charge in [0, 0.05) is 10.0 Å². The van der Waals surface area contributed by atoms with E-state index < -0.39 is 10.0 Å². The SMILES string of the molecule is CS(C)(C)C#Cc1ccccc1Br. The molecule has 0 unspecified atom stereocenters. The zero-order valence-corrected chi connectivity index (χ0v) is 10.5. The van der Waals surface area contributed by atoms with Crippen molar-refractivity contribution < 1.29 is 0 Å². The quantitative estimate of drug-likeness (QED) is 0.624. The Morgan fingerprint density at radius 3 is 2.31 bits per heavy atom. The zero-order chi connectivity index (χ0) is 9.90. The van der Waals surface area contributed by atoms with Gasteiger partial charge in [-0.2, -0.15) is 10.0 Å². The van der Waals surface area contributed by atoms with Gasteiger partial charge in [0.25, 0.3) is 0 Å². The van der Waals surface area contributed by atoms with Crippen LogP contribution in [0, 0.1) is 11.2 Å². The first-order valence-corrected chi connectivity index (χ1v) is 7.60. The van der Waals surface area contributed by atoms with E-state index in [2.05, 4.69) is 45.9 Å². The fourth-order valence-electron chi connectivity index (χ4n) is 0.771. The van der Waals surface area contributed by atoms with Gasteiger partial charge in [-0.1, -0.05) is 18.1 Å². The van der Waals surface area contributed by atoms with Gasteiger partial charge < -0.3 is 0 Å². The maximum atomic E-state index is 3.47. The first-order valence-electron chi connectivity index (χ1n) is 3.95. The minimum atomic E-state index is -0.721. The standard InChI is InChI=1S/C11H13BrS/c1-13(2,3)9-8-10-6-4-5-7-11(10)12/h4-7H,1-3H3. The maximum Gasteiger partial charge on any atom is 0.0395 e. The first kappa shape index (κ1) is 10.7. The number of hydrogen-bond acceptors (Lipinski definition) is 0. The average molecular weight is 257 g/mol. The summed E-state index contributed by atoms with van der Waals surface area (Å²) in [7, 11) is -0.721. The smallest absolute Gasteiger partial charge is 0.0395 e. The van der Waals surface area contributed by atoms with E-state index in [1.807, 2.05) is 24.3 Å². The van der Waals surface area contributed by atoms with Crippen molar-refractivity contribution in [1.29, 1.82) is 0 Å². The van der Waals surface area contributed by atoms with E-state index in [-0.39, 0.29) is 0 Å². The maximum absolute atomic E-state index is 3.47. The molecule has 0 radical (unpaired) electrons. The second kappa shape index (κ2) is 4.21. The molecule has 0 aliphatic rings. The van der Waals surface area contributed by atoms with Crippen molar-refractivity contribution in [3.8, 4) is 11.2 Å². The Bertz CT molecular complexity index is 352. The second-order valence-corrected chi connectivity index (χ2v) is 8.28. The van der Waals surface area contributed by atoms with E-state index in [1.54, 1.807) is 0 Å². The highest BCUT2D eigenvalue weighted by Crippen LogP contribution is 2.32. The predicted molar refractivity (Wildman–Crippen MR) is 66.4 cm³/mol. The molecule has 0 aliphatic heterocycles. The Morgan fingerprint density at radius 2 is 1.77 bits per heavy atom. The summed E-state index contributed by atoms with van der Waals surface area (Å²) in [6.45, 7) is 0. The zero-order valence-electron chi connectivity index (χ0n) is 8.10. The molecule has 0 spiro atoms. The lowest BCUT2D eigenvalue weighted by molar-refractivity contribution is 1.59. The molecule has 0 N–H and O–H groups in total. The molecular formula is C11H13BrS. The number of benzene rings is 1. The number of rotatable bonds is 0. The molecule has 0 fully saturated rings. The molecular weight excluding hydrogens is 244 g/mol.